The zero-order chi connectivity index (χ0) is 16.9. The van der Waals surface area contributed by atoms with E-state index in [0.717, 1.165) is 18.1 Å². The molecule has 0 spiro atoms. The minimum atomic E-state index is -0.0487. The van der Waals surface area contributed by atoms with Crippen LogP contribution in [0.2, 0.25) is 0 Å². The Hall–Kier alpha value is -1.44. The molecule has 138 valence electrons. The Morgan fingerprint density at radius 1 is 1.12 bits per heavy atom. The average Bonchev–Trinajstić information content (AvgIpc) is 2.63. The first-order valence-corrected chi connectivity index (χ1v) is 9.46. The van der Waals surface area contributed by atoms with Gasteiger partial charge in [0.1, 0.15) is 5.75 Å². The van der Waals surface area contributed by atoms with Crippen molar-refractivity contribution < 1.29 is 14.7 Å². The molecule has 1 aromatic carbocycles. The number of piperazine rings is 1. The highest BCUT2D eigenvalue weighted by Gasteiger charge is 2.26. The largest absolute Gasteiger partial charge is 0.508 e. The lowest BCUT2D eigenvalue weighted by molar-refractivity contribution is -0.133. The lowest BCUT2D eigenvalue weighted by atomic mass is 10.1. The van der Waals surface area contributed by atoms with Gasteiger partial charge in [-0.2, -0.15) is 11.8 Å². The molecule has 1 aromatic rings. The highest BCUT2D eigenvalue weighted by atomic mass is 35.5. The summed E-state index contributed by atoms with van der Waals surface area (Å²) in [4.78, 5) is 28.5. The number of phenols is 1. The number of phenolic OH excluding ortho intramolecular Hbond substituents is 1. The minimum absolute atomic E-state index is 0. The van der Waals surface area contributed by atoms with Crippen molar-refractivity contribution in [1.29, 1.82) is 0 Å². The van der Waals surface area contributed by atoms with Gasteiger partial charge in [-0.15, -0.1) is 12.4 Å². The number of thioether (sulfide) groups is 1. The second-order valence-electron chi connectivity index (χ2n) is 6.15. The quantitative estimate of drug-likeness (QED) is 0.817. The second kappa shape index (κ2) is 9.31. The minimum Gasteiger partial charge on any atom is -0.508 e. The number of hydrogen-bond donors (Lipinski definition) is 2. The van der Waals surface area contributed by atoms with Crippen LogP contribution >= 0.6 is 24.2 Å². The summed E-state index contributed by atoms with van der Waals surface area (Å²) < 4.78 is 0. The molecule has 0 saturated carbocycles. The maximum atomic E-state index is 12.4. The zero-order valence-corrected chi connectivity index (χ0v) is 15.7. The molecule has 0 radical (unpaired) electrons. The summed E-state index contributed by atoms with van der Waals surface area (Å²) in [7, 11) is 0. The van der Waals surface area contributed by atoms with Gasteiger partial charge in [-0.05, 0) is 24.3 Å². The number of halogens is 1. The third-order valence-electron chi connectivity index (χ3n) is 4.45. The third kappa shape index (κ3) is 5.26. The number of nitrogens with one attached hydrogen (secondary N) is 1. The Labute approximate surface area is 158 Å². The van der Waals surface area contributed by atoms with Crippen LogP contribution in [-0.2, 0) is 4.79 Å². The first kappa shape index (κ1) is 19.9. The fourth-order valence-corrected chi connectivity index (χ4v) is 3.99. The predicted octanol–water partition coefficient (Wildman–Crippen LogP) is 1.19. The van der Waals surface area contributed by atoms with Gasteiger partial charge in [0, 0.05) is 62.3 Å². The maximum absolute atomic E-state index is 12.4. The van der Waals surface area contributed by atoms with Crippen molar-refractivity contribution in [2.45, 2.75) is 12.5 Å². The summed E-state index contributed by atoms with van der Waals surface area (Å²) in [6.07, 6.45) is 0.541. The van der Waals surface area contributed by atoms with E-state index in [1.54, 1.807) is 17.0 Å². The molecule has 0 aliphatic carbocycles. The molecule has 2 N–H and O–H groups in total. The van der Waals surface area contributed by atoms with Gasteiger partial charge in [-0.3, -0.25) is 9.59 Å². The van der Waals surface area contributed by atoms with Crippen LogP contribution in [0, 0.1) is 0 Å². The Kier molecular flexibility index (Phi) is 7.40. The Morgan fingerprint density at radius 3 is 2.36 bits per heavy atom. The number of carbonyl (C=O) groups excluding carboxylic acids is 2. The van der Waals surface area contributed by atoms with Gasteiger partial charge in [0.2, 0.25) is 5.91 Å². The molecule has 3 rings (SSSR count). The molecule has 0 bridgehead atoms. The first-order valence-electron chi connectivity index (χ1n) is 8.30. The van der Waals surface area contributed by atoms with E-state index < -0.39 is 0 Å². The van der Waals surface area contributed by atoms with Crippen LogP contribution < -0.4 is 5.32 Å². The predicted molar refractivity (Wildman–Crippen MR) is 102 cm³/mol. The number of carbonyl (C=O) groups is 2. The summed E-state index contributed by atoms with van der Waals surface area (Å²) in [6.45, 7) is 3.25. The standard InChI is InChI=1S/C17H23N3O3S.ClH/c21-15-3-1-13(2-4-15)17(23)20-8-6-19(7-9-20)16(22)11-14-12-24-10-5-18-14;/h1-4,14,18,21H,5-12H2;1H. The Balaban J connectivity index is 0.00000225. The number of rotatable bonds is 3. The van der Waals surface area contributed by atoms with Crippen molar-refractivity contribution in [2.75, 3.05) is 44.2 Å². The average molecular weight is 386 g/mol. The molecule has 2 aliphatic heterocycles. The molecular formula is C17H24ClN3O3S. The van der Waals surface area contributed by atoms with E-state index in [2.05, 4.69) is 5.32 Å². The molecule has 2 fully saturated rings. The highest BCUT2D eigenvalue weighted by molar-refractivity contribution is 7.99. The number of benzene rings is 1. The summed E-state index contributed by atoms with van der Waals surface area (Å²) in [6, 6.07) is 6.56. The number of nitrogens with zero attached hydrogens (tertiary/aromatic N) is 2. The molecule has 0 aromatic heterocycles. The van der Waals surface area contributed by atoms with E-state index in [0.29, 0.717) is 38.2 Å². The molecule has 2 saturated heterocycles. The zero-order valence-electron chi connectivity index (χ0n) is 14.0. The van der Waals surface area contributed by atoms with E-state index in [1.165, 1.54) is 12.1 Å². The number of hydrogen-bond acceptors (Lipinski definition) is 5. The van der Waals surface area contributed by atoms with Crippen molar-refractivity contribution in [3.05, 3.63) is 29.8 Å². The van der Waals surface area contributed by atoms with E-state index in [1.807, 2.05) is 16.7 Å². The molecule has 2 aliphatic rings. The third-order valence-corrected chi connectivity index (χ3v) is 5.58. The smallest absolute Gasteiger partial charge is 0.253 e. The van der Waals surface area contributed by atoms with E-state index >= 15 is 0 Å². The Morgan fingerprint density at radius 2 is 1.76 bits per heavy atom. The van der Waals surface area contributed by atoms with Crippen LogP contribution in [0.3, 0.4) is 0 Å². The van der Waals surface area contributed by atoms with Crippen LogP contribution in [0.4, 0.5) is 0 Å². The summed E-state index contributed by atoms with van der Waals surface area (Å²) >= 11 is 1.89. The SMILES string of the molecule is Cl.O=C(CC1CSCCN1)N1CCN(C(=O)c2ccc(O)cc2)CC1. The van der Waals surface area contributed by atoms with E-state index in [9.17, 15) is 14.7 Å². The molecule has 1 unspecified atom stereocenters. The molecule has 25 heavy (non-hydrogen) atoms. The van der Waals surface area contributed by atoms with Crippen molar-refractivity contribution in [2.24, 2.45) is 0 Å². The van der Waals surface area contributed by atoms with Crippen LogP contribution in [-0.4, -0.2) is 77.0 Å². The maximum Gasteiger partial charge on any atom is 0.253 e. The molecule has 6 nitrogen and oxygen atoms in total. The van der Waals surface area contributed by atoms with E-state index in [4.69, 9.17) is 0 Å². The van der Waals surface area contributed by atoms with Crippen molar-refractivity contribution >= 4 is 36.0 Å². The van der Waals surface area contributed by atoms with Crippen molar-refractivity contribution in [1.82, 2.24) is 15.1 Å². The lowest BCUT2D eigenvalue weighted by Crippen LogP contribution is -2.52. The van der Waals surface area contributed by atoms with Crippen LogP contribution in [0.1, 0.15) is 16.8 Å². The van der Waals surface area contributed by atoms with E-state index in [-0.39, 0.29) is 36.0 Å². The fraction of sp³-hybridized carbons (Fsp3) is 0.529. The topological polar surface area (TPSA) is 72.9 Å². The summed E-state index contributed by atoms with van der Waals surface area (Å²) in [5, 5.41) is 12.7. The molecular weight excluding hydrogens is 362 g/mol. The van der Waals surface area contributed by atoms with Crippen LogP contribution in [0.15, 0.2) is 24.3 Å². The van der Waals surface area contributed by atoms with Crippen molar-refractivity contribution in [3.63, 3.8) is 0 Å². The second-order valence-corrected chi connectivity index (χ2v) is 7.30. The number of amides is 2. The summed E-state index contributed by atoms with van der Waals surface area (Å²) in [5.74, 6) is 2.38. The molecule has 2 heterocycles. The molecule has 1 atom stereocenters. The lowest BCUT2D eigenvalue weighted by Gasteiger charge is -2.36. The van der Waals surface area contributed by atoms with Gasteiger partial charge in [0.05, 0.1) is 0 Å². The molecule has 8 heteroatoms. The normalized spacial score (nSPS) is 20.7. The van der Waals surface area contributed by atoms with Gasteiger partial charge in [0.25, 0.3) is 5.91 Å². The fourth-order valence-electron chi connectivity index (χ4n) is 3.04. The van der Waals surface area contributed by atoms with Crippen molar-refractivity contribution in [3.8, 4) is 5.75 Å². The van der Waals surface area contributed by atoms with Gasteiger partial charge >= 0.3 is 0 Å². The summed E-state index contributed by atoms with van der Waals surface area (Å²) in [5.41, 5.74) is 0.566. The monoisotopic (exact) mass is 385 g/mol. The van der Waals surface area contributed by atoms with Gasteiger partial charge in [0.15, 0.2) is 0 Å². The van der Waals surface area contributed by atoms with Gasteiger partial charge in [-0.1, -0.05) is 0 Å². The number of aromatic hydroxyl groups is 1. The van der Waals surface area contributed by atoms with Gasteiger partial charge < -0.3 is 20.2 Å². The Bertz CT molecular complexity index is 585. The first-order chi connectivity index (χ1) is 11.6. The van der Waals surface area contributed by atoms with Gasteiger partial charge in [-0.25, -0.2) is 0 Å². The van der Waals surface area contributed by atoms with Crippen LogP contribution in [0.25, 0.3) is 0 Å². The molecule has 2 amide bonds. The highest BCUT2D eigenvalue weighted by Crippen LogP contribution is 2.15. The van der Waals surface area contributed by atoms with Crippen LogP contribution in [0.5, 0.6) is 5.75 Å².